The largest absolute Gasteiger partial charge is 0.490 e. The number of benzene rings is 2. The third-order valence-corrected chi connectivity index (χ3v) is 13.2. The number of nitrogens with one attached hydrogen (secondary N) is 1. The summed E-state index contributed by atoms with van der Waals surface area (Å²) in [5.74, 6) is -2.39. The van der Waals surface area contributed by atoms with Crippen molar-refractivity contribution >= 4 is 37.1 Å². The van der Waals surface area contributed by atoms with Crippen molar-refractivity contribution in [1.82, 2.24) is 10.3 Å². The van der Waals surface area contributed by atoms with Gasteiger partial charge in [0.05, 0.1) is 12.2 Å². The van der Waals surface area contributed by atoms with Gasteiger partial charge in [0.2, 0.25) is 0 Å². The van der Waals surface area contributed by atoms with Gasteiger partial charge in [0.1, 0.15) is 34.9 Å². The number of rotatable bonds is 9. The highest BCUT2D eigenvalue weighted by Gasteiger charge is 2.38. The first-order chi connectivity index (χ1) is 22.5. The summed E-state index contributed by atoms with van der Waals surface area (Å²) in [6.07, 6.45) is -5.98. The number of imide groups is 1. The normalized spacial score (nSPS) is 17.1. The molecule has 15 heteroatoms. The number of pyridine rings is 1. The molecule has 2 N–H and O–H groups in total. The van der Waals surface area contributed by atoms with Gasteiger partial charge in [0.15, 0.2) is 8.32 Å². The Morgan fingerprint density at radius 3 is 2.22 bits per heavy atom. The zero-order chi connectivity index (χ0) is 36.7. The van der Waals surface area contributed by atoms with Gasteiger partial charge in [-0.1, -0.05) is 20.8 Å². The van der Waals surface area contributed by atoms with Crippen LogP contribution in [0.25, 0.3) is 10.8 Å². The highest BCUT2D eigenvalue weighted by Crippen LogP contribution is 2.39. The fourth-order valence-corrected chi connectivity index (χ4v) is 5.88. The smallest absolute Gasteiger partial charge is 0.425 e. The van der Waals surface area contributed by atoms with Crippen molar-refractivity contribution in [3.05, 3.63) is 64.9 Å². The summed E-state index contributed by atoms with van der Waals surface area (Å²) >= 11 is 0. The first-order valence-electron chi connectivity index (χ1n) is 15.7. The second kappa shape index (κ2) is 13.8. The Bertz CT molecular complexity index is 1720. The number of fused-ring (bicyclic) bond motifs is 1. The van der Waals surface area contributed by atoms with Gasteiger partial charge in [-0.25, -0.2) is 23.4 Å². The lowest BCUT2D eigenvalue weighted by atomic mass is 9.88. The van der Waals surface area contributed by atoms with E-state index in [1.165, 1.54) is 18.3 Å². The minimum absolute atomic E-state index is 0.0131. The number of nitrogens with zero attached hydrogens (tertiary/aromatic N) is 2. The van der Waals surface area contributed by atoms with E-state index in [1.54, 1.807) is 20.8 Å². The molecule has 0 aliphatic heterocycles. The van der Waals surface area contributed by atoms with Gasteiger partial charge in [-0.05, 0) is 93.0 Å². The minimum Gasteiger partial charge on any atom is -0.490 e. The third kappa shape index (κ3) is 9.05. The van der Waals surface area contributed by atoms with Crippen molar-refractivity contribution < 1.29 is 50.5 Å². The van der Waals surface area contributed by atoms with Crippen molar-refractivity contribution in [2.24, 2.45) is 0 Å². The summed E-state index contributed by atoms with van der Waals surface area (Å²) in [7, 11) is -2.25. The quantitative estimate of drug-likeness (QED) is 0.167. The van der Waals surface area contributed by atoms with E-state index in [4.69, 9.17) is 13.9 Å². The third-order valence-electron chi connectivity index (χ3n) is 8.75. The molecule has 49 heavy (non-hydrogen) atoms. The summed E-state index contributed by atoms with van der Waals surface area (Å²) < 4.78 is 86.2. The Hall–Kier alpha value is -3.82. The van der Waals surface area contributed by atoms with E-state index >= 15 is 4.39 Å². The van der Waals surface area contributed by atoms with Crippen molar-refractivity contribution in [1.29, 1.82) is 0 Å². The number of aromatic nitrogens is 1. The van der Waals surface area contributed by atoms with E-state index in [2.05, 4.69) is 44.2 Å². The Balaban J connectivity index is 1.60. The molecule has 2 amide bonds. The van der Waals surface area contributed by atoms with Crippen LogP contribution in [0.3, 0.4) is 0 Å². The predicted octanol–water partition coefficient (Wildman–Crippen LogP) is 9.17. The van der Waals surface area contributed by atoms with Crippen LogP contribution in [0.15, 0.2) is 36.5 Å². The highest BCUT2D eigenvalue weighted by atomic mass is 28.4. The first-order valence-corrected chi connectivity index (χ1v) is 18.6. The number of carbonyl (C=O) groups is 2. The number of amides is 2. The Labute approximate surface area is 282 Å². The number of alkyl halides is 3. The molecule has 3 aromatic rings. The molecule has 0 bridgehead atoms. The van der Waals surface area contributed by atoms with Crippen molar-refractivity contribution in [2.45, 2.75) is 110 Å². The van der Waals surface area contributed by atoms with E-state index in [-0.39, 0.29) is 41.4 Å². The molecule has 2 aromatic carbocycles. The topological polar surface area (TPSA) is 110 Å². The molecule has 1 saturated carbocycles. The molecule has 1 aliphatic rings. The Kier molecular flexibility index (Phi) is 10.7. The lowest BCUT2D eigenvalue weighted by Crippen LogP contribution is -2.46. The number of hydrogen-bond donors (Lipinski definition) is 2. The second-order valence-electron chi connectivity index (χ2n) is 14.7. The Morgan fingerprint density at radius 2 is 1.65 bits per heavy atom. The number of anilines is 1. The van der Waals surface area contributed by atoms with Crippen LogP contribution in [-0.4, -0.2) is 48.3 Å². The molecule has 1 heterocycles. The molecule has 0 atom stereocenters. The fraction of sp³-hybridized carbons (Fsp3) is 0.500. The van der Waals surface area contributed by atoms with Gasteiger partial charge >= 0.3 is 18.4 Å². The molecule has 0 unspecified atom stereocenters. The van der Waals surface area contributed by atoms with Crippen LogP contribution in [0.1, 0.15) is 71.1 Å². The van der Waals surface area contributed by atoms with E-state index in [1.807, 2.05) is 0 Å². The standard InChI is InChI=1S/C34H42F5N3O6Si/c1-32(2,3)48-31(45)42(30(43)44)29-15-23-24(16-41-29)19(18-46-49(7,8)33(4,5)6)11-28(36)25(23)17-40-20-12-22(13-20)47-21-9-10-27(35)26(14-21)34(37,38)39/h9-11,14-16,20,22,40H,12-13,17-18H2,1-8H3,(H,43,44)/t20-,22-. The zero-order valence-corrected chi connectivity index (χ0v) is 29.7. The van der Waals surface area contributed by atoms with Crippen molar-refractivity contribution in [2.75, 3.05) is 4.90 Å². The summed E-state index contributed by atoms with van der Waals surface area (Å²) in [5.41, 5.74) is -1.74. The van der Waals surface area contributed by atoms with Crippen LogP contribution in [0.2, 0.25) is 18.1 Å². The van der Waals surface area contributed by atoms with Crippen LogP contribution in [0.5, 0.6) is 5.75 Å². The molecule has 268 valence electrons. The molecular weight excluding hydrogens is 669 g/mol. The summed E-state index contributed by atoms with van der Waals surface area (Å²) in [6.45, 7) is 15.2. The van der Waals surface area contributed by atoms with Gasteiger partial charge in [-0.3, -0.25) is 0 Å². The van der Waals surface area contributed by atoms with E-state index < -0.39 is 55.6 Å². The highest BCUT2D eigenvalue weighted by molar-refractivity contribution is 6.74. The van der Waals surface area contributed by atoms with Gasteiger partial charge in [0.25, 0.3) is 0 Å². The maximum absolute atomic E-state index is 15.9. The monoisotopic (exact) mass is 711 g/mol. The van der Waals surface area contributed by atoms with Crippen molar-refractivity contribution in [3.63, 3.8) is 0 Å². The fourth-order valence-electron chi connectivity index (χ4n) is 4.93. The van der Waals surface area contributed by atoms with E-state index in [9.17, 15) is 32.3 Å². The lowest BCUT2D eigenvalue weighted by molar-refractivity contribution is -0.140. The van der Waals surface area contributed by atoms with Crippen molar-refractivity contribution in [3.8, 4) is 5.75 Å². The molecule has 1 aromatic heterocycles. The second-order valence-corrected chi connectivity index (χ2v) is 19.5. The zero-order valence-electron chi connectivity index (χ0n) is 28.7. The van der Waals surface area contributed by atoms with Gasteiger partial charge in [0, 0.05) is 29.7 Å². The number of carboxylic acid groups (broad SMARTS) is 1. The van der Waals surface area contributed by atoms with Gasteiger partial charge < -0.3 is 24.3 Å². The molecule has 1 aliphatic carbocycles. The Morgan fingerprint density at radius 1 is 1.00 bits per heavy atom. The molecular formula is C34H42F5N3O6Si. The molecule has 0 saturated heterocycles. The molecule has 9 nitrogen and oxygen atoms in total. The van der Waals surface area contributed by atoms with Crippen LogP contribution >= 0.6 is 0 Å². The SMILES string of the molecule is CC(C)(C)OC(=O)N(C(=O)O)c1cc2c(CN[C@H]3C[C@H](Oc4ccc(F)c(C(F)(F)F)c4)C3)c(F)cc(CO[Si](C)(C)C(C)(C)C)c2cn1. The first kappa shape index (κ1) is 38.0. The van der Waals surface area contributed by atoms with E-state index in [0.29, 0.717) is 46.2 Å². The predicted molar refractivity (Wildman–Crippen MR) is 176 cm³/mol. The molecule has 0 radical (unpaired) electrons. The number of carbonyl (C=O) groups excluding carboxylic acids is 1. The molecule has 1 fully saturated rings. The lowest BCUT2D eigenvalue weighted by Gasteiger charge is -2.36. The number of ether oxygens (including phenoxy) is 2. The maximum atomic E-state index is 15.9. The number of hydrogen-bond acceptors (Lipinski definition) is 7. The molecule has 0 spiro atoms. The van der Waals surface area contributed by atoms with E-state index in [0.717, 1.165) is 6.07 Å². The average Bonchev–Trinajstić information content (AvgIpc) is 2.92. The van der Waals surface area contributed by atoms with Gasteiger partial charge in [-0.2, -0.15) is 18.1 Å². The van der Waals surface area contributed by atoms with Gasteiger partial charge in [-0.15, -0.1) is 0 Å². The van der Waals surface area contributed by atoms with Crippen LogP contribution in [-0.2, 0) is 28.5 Å². The van der Waals surface area contributed by atoms with Crippen LogP contribution in [0, 0.1) is 11.6 Å². The number of halogens is 5. The minimum atomic E-state index is -4.86. The average molecular weight is 712 g/mol. The summed E-state index contributed by atoms with van der Waals surface area (Å²) in [4.78, 5) is 29.7. The van der Waals surface area contributed by atoms with Crippen LogP contribution in [0.4, 0.5) is 37.4 Å². The maximum Gasteiger partial charge on any atom is 0.425 e. The summed E-state index contributed by atoms with van der Waals surface area (Å²) in [5, 5.41) is 13.8. The van der Waals surface area contributed by atoms with Crippen LogP contribution < -0.4 is 15.0 Å². The summed E-state index contributed by atoms with van der Waals surface area (Å²) in [6, 6.07) is 4.95. The molecule has 4 rings (SSSR count).